The lowest BCUT2D eigenvalue weighted by molar-refractivity contribution is 0.0640. The largest absolute Gasteiger partial charge is 0.444 e. The molecule has 2 N–H and O–H groups in total. The Balaban J connectivity index is 2.16. The molecule has 0 aromatic carbocycles. The van der Waals surface area contributed by atoms with Gasteiger partial charge >= 0.3 is 6.09 Å². The van der Waals surface area contributed by atoms with Crippen molar-refractivity contribution in [1.82, 2.24) is 10.6 Å². The van der Waals surface area contributed by atoms with Crippen molar-refractivity contribution in [2.75, 3.05) is 13.1 Å². The summed E-state index contributed by atoms with van der Waals surface area (Å²) in [5.41, 5.74) is 0. The van der Waals surface area contributed by atoms with Crippen LogP contribution in [0.3, 0.4) is 0 Å². The fraction of sp³-hybridized carbons (Fsp3) is 0.889. The highest BCUT2D eigenvalue weighted by Crippen LogP contribution is 2.02. The van der Waals surface area contributed by atoms with E-state index in [2.05, 4.69) is 24.5 Å². The lowest BCUT2D eigenvalue weighted by Gasteiger charge is -2.27. The molecule has 0 bridgehead atoms. The Morgan fingerprint density at radius 3 is 2.46 bits per heavy atom. The Morgan fingerprint density at radius 1 is 1.46 bits per heavy atom. The number of carbonyl (C=O) groups excluding carboxylic acids is 1. The second-order valence-electron chi connectivity index (χ2n) is 3.86. The fourth-order valence-corrected chi connectivity index (χ4v) is 0.883. The van der Waals surface area contributed by atoms with E-state index >= 15 is 0 Å². The van der Waals surface area contributed by atoms with Gasteiger partial charge in [0, 0.05) is 19.1 Å². The average molecular weight is 186 g/mol. The molecule has 0 unspecified atom stereocenters. The van der Waals surface area contributed by atoms with E-state index in [0.29, 0.717) is 5.92 Å². The topological polar surface area (TPSA) is 50.4 Å². The summed E-state index contributed by atoms with van der Waals surface area (Å²) in [6.07, 6.45) is -0.230. The number of nitrogens with one attached hydrogen (secondary N) is 2. The monoisotopic (exact) mass is 186 g/mol. The van der Waals surface area contributed by atoms with Crippen LogP contribution < -0.4 is 10.6 Å². The molecule has 1 saturated heterocycles. The van der Waals surface area contributed by atoms with Gasteiger partial charge in [-0.3, -0.25) is 0 Å². The molecule has 0 saturated carbocycles. The first-order valence-electron chi connectivity index (χ1n) is 4.77. The fourth-order valence-electron chi connectivity index (χ4n) is 0.883. The highest BCUT2D eigenvalue weighted by atomic mass is 16.6. The number of hydrogen-bond acceptors (Lipinski definition) is 3. The van der Waals surface area contributed by atoms with Gasteiger partial charge in [-0.1, -0.05) is 13.8 Å². The zero-order valence-electron chi connectivity index (χ0n) is 8.46. The molecule has 1 fully saturated rings. The van der Waals surface area contributed by atoms with Gasteiger partial charge in [0.15, 0.2) is 0 Å². The molecule has 1 atom stereocenters. The van der Waals surface area contributed by atoms with E-state index in [0.717, 1.165) is 13.1 Å². The zero-order valence-corrected chi connectivity index (χ0v) is 8.46. The van der Waals surface area contributed by atoms with E-state index in [-0.39, 0.29) is 18.2 Å². The van der Waals surface area contributed by atoms with Crippen molar-refractivity contribution in [3.63, 3.8) is 0 Å². The SMILES string of the molecule is CC(C)[C@@H](C)NC(=O)OC1CNC1. The maximum Gasteiger partial charge on any atom is 0.407 e. The summed E-state index contributed by atoms with van der Waals surface area (Å²) in [6, 6.07) is 0.167. The zero-order chi connectivity index (χ0) is 9.84. The quantitative estimate of drug-likeness (QED) is 0.683. The molecule has 0 radical (unpaired) electrons. The maximum absolute atomic E-state index is 11.2. The second kappa shape index (κ2) is 4.46. The Hall–Kier alpha value is -0.770. The standard InChI is InChI=1S/C9H18N2O2/c1-6(2)7(3)11-9(12)13-8-4-10-5-8/h6-8,10H,4-5H2,1-3H3,(H,11,12)/t7-/m1/s1. The van der Waals surface area contributed by atoms with Crippen LogP contribution in [0.5, 0.6) is 0 Å². The first kappa shape index (κ1) is 10.3. The van der Waals surface area contributed by atoms with Gasteiger partial charge in [-0.2, -0.15) is 0 Å². The minimum absolute atomic E-state index is 0.0689. The van der Waals surface area contributed by atoms with Crippen LogP contribution in [0.15, 0.2) is 0 Å². The third-order valence-electron chi connectivity index (χ3n) is 2.36. The summed E-state index contributed by atoms with van der Waals surface area (Å²) < 4.78 is 5.09. The van der Waals surface area contributed by atoms with Crippen LogP contribution in [0.2, 0.25) is 0 Å². The molecule has 0 spiro atoms. The number of carbonyl (C=O) groups is 1. The molecule has 1 aliphatic rings. The van der Waals surface area contributed by atoms with Crippen LogP contribution in [0, 0.1) is 5.92 Å². The first-order chi connectivity index (χ1) is 6.09. The molecular formula is C9H18N2O2. The molecule has 76 valence electrons. The lowest BCUT2D eigenvalue weighted by Crippen LogP contribution is -2.51. The molecule has 0 aromatic heterocycles. The average Bonchev–Trinajstić information content (AvgIpc) is 1.96. The second-order valence-corrected chi connectivity index (χ2v) is 3.86. The number of rotatable bonds is 3. The van der Waals surface area contributed by atoms with Crippen molar-refractivity contribution >= 4 is 6.09 Å². The smallest absolute Gasteiger partial charge is 0.407 e. The molecule has 1 aliphatic heterocycles. The number of amides is 1. The number of ether oxygens (including phenoxy) is 1. The van der Waals surface area contributed by atoms with E-state index in [1.807, 2.05) is 6.92 Å². The maximum atomic E-state index is 11.2. The molecular weight excluding hydrogens is 168 g/mol. The summed E-state index contributed by atoms with van der Waals surface area (Å²) in [7, 11) is 0. The van der Waals surface area contributed by atoms with Crippen molar-refractivity contribution in [2.24, 2.45) is 5.92 Å². The minimum Gasteiger partial charge on any atom is -0.444 e. The first-order valence-corrected chi connectivity index (χ1v) is 4.77. The van der Waals surface area contributed by atoms with E-state index < -0.39 is 0 Å². The van der Waals surface area contributed by atoms with Crippen LogP contribution in [-0.4, -0.2) is 31.3 Å². The minimum atomic E-state index is -0.298. The molecule has 4 nitrogen and oxygen atoms in total. The number of hydrogen-bond donors (Lipinski definition) is 2. The summed E-state index contributed by atoms with van der Waals surface area (Å²) in [5.74, 6) is 0.437. The molecule has 1 heterocycles. The summed E-state index contributed by atoms with van der Waals surface area (Å²) in [6.45, 7) is 7.67. The summed E-state index contributed by atoms with van der Waals surface area (Å²) >= 11 is 0. The Labute approximate surface area is 79.0 Å². The van der Waals surface area contributed by atoms with Gasteiger partial charge in [-0.25, -0.2) is 4.79 Å². The van der Waals surface area contributed by atoms with Gasteiger partial charge in [-0.15, -0.1) is 0 Å². The molecule has 4 heteroatoms. The normalized spacial score (nSPS) is 19.4. The molecule has 13 heavy (non-hydrogen) atoms. The molecule has 0 aromatic rings. The third kappa shape index (κ3) is 3.22. The molecule has 1 amide bonds. The van der Waals surface area contributed by atoms with Crippen molar-refractivity contribution in [3.8, 4) is 0 Å². The third-order valence-corrected chi connectivity index (χ3v) is 2.36. The Bertz CT molecular complexity index is 178. The van der Waals surface area contributed by atoms with Gasteiger partial charge in [0.1, 0.15) is 6.10 Å². The van der Waals surface area contributed by atoms with E-state index in [9.17, 15) is 4.79 Å². The van der Waals surface area contributed by atoms with Gasteiger partial charge in [0.2, 0.25) is 0 Å². The van der Waals surface area contributed by atoms with Crippen molar-refractivity contribution < 1.29 is 9.53 Å². The summed E-state index contributed by atoms with van der Waals surface area (Å²) in [4.78, 5) is 11.2. The van der Waals surface area contributed by atoms with Gasteiger partial charge in [-0.05, 0) is 12.8 Å². The van der Waals surface area contributed by atoms with Crippen molar-refractivity contribution in [1.29, 1.82) is 0 Å². The van der Waals surface area contributed by atoms with Gasteiger partial charge < -0.3 is 15.4 Å². The van der Waals surface area contributed by atoms with Crippen LogP contribution >= 0.6 is 0 Å². The van der Waals surface area contributed by atoms with E-state index in [1.54, 1.807) is 0 Å². The molecule has 0 aliphatic carbocycles. The highest BCUT2D eigenvalue weighted by molar-refractivity contribution is 5.67. The van der Waals surface area contributed by atoms with Crippen LogP contribution in [0.4, 0.5) is 4.79 Å². The van der Waals surface area contributed by atoms with Gasteiger partial charge in [0.05, 0.1) is 0 Å². The lowest BCUT2D eigenvalue weighted by atomic mass is 10.1. The predicted molar refractivity (Wildman–Crippen MR) is 50.6 cm³/mol. The van der Waals surface area contributed by atoms with Gasteiger partial charge in [0.25, 0.3) is 0 Å². The van der Waals surface area contributed by atoms with E-state index in [1.165, 1.54) is 0 Å². The molecule has 1 rings (SSSR count). The van der Waals surface area contributed by atoms with Crippen LogP contribution in [-0.2, 0) is 4.74 Å². The van der Waals surface area contributed by atoms with Crippen LogP contribution in [0.25, 0.3) is 0 Å². The van der Waals surface area contributed by atoms with Crippen LogP contribution in [0.1, 0.15) is 20.8 Å². The number of alkyl carbamates (subject to hydrolysis) is 1. The predicted octanol–water partition coefficient (Wildman–Crippen LogP) is 0.729. The van der Waals surface area contributed by atoms with Crippen molar-refractivity contribution in [3.05, 3.63) is 0 Å². The van der Waals surface area contributed by atoms with E-state index in [4.69, 9.17) is 4.74 Å². The summed E-state index contributed by atoms with van der Waals surface area (Å²) in [5, 5.41) is 5.83. The highest BCUT2D eigenvalue weighted by Gasteiger charge is 2.22. The van der Waals surface area contributed by atoms with Crippen molar-refractivity contribution in [2.45, 2.75) is 32.9 Å². The Morgan fingerprint density at radius 2 is 2.08 bits per heavy atom. The Kier molecular flexibility index (Phi) is 3.54.